The fraction of sp³-hybridized carbons (Fsp3) is 0.308. The lowest BCUT2D eigenvalue weighted by atomic mass is 10.0. The van der Waals surface area contributed by atoms with Crippen LogP contribution in [0.1, 0.15) is 39.0 Å². The predicted molar refractivity (Wildman–Crippen MR) is 146 cm³/mol. The highest BCUT2D eigenvalue weighted by molar-refractivity contribution is 8.01. The molecule has 0 N–H and O–H groups in total. The quantitative estimate of drug-likeness (QED) is 0.223. The SMILES string of the molecule is Cc1cc(OC(C)C)cc(-c2cn(-c3nc(-c4ccc(Cl)c(Cl)c4)c(SC(C)C)s3)nc2C)c1. The van der Waals surface area contributed by atoms with E-state index in [1.54, 1.807) is 23.1 Å². The lowest BCUT2D eigenvalue weighted by Crippen LogP contribution is -2.05. The molecule has 0 radical (unpaired) electrons. The van der Waals surface area contributed by atoms with Crippen LogP contribution in [-0.2, 0) is 0 Å². The number of aryl methyl sites for hydroxylation is 2. The second-order valence-corrected chi connectivity index (χ2v) is 12.3. The maximum atomic E-state index is 6.30. The summed E-state index contributed by atoms with van der Waals surface area (Å²) in [4.78, 5) is 4.97. The average Bonchev–Trinajstić information content (AvgIpc) is 3.32. The first kappa shape index (κ1) is 25.1. The molecule has 2 aromatic carbocycles. The molecule has 0 aliphatic rings. The summed E-state index contributed by atoms with van der Waals surface area (Å²) in [5.74, 6) is 0.865. The Bertz CT molecular complexity index is 1330. The molecule has 8 heteroatoms. The molecule has 34 heavy (non-hydrogen) atoms. The number of hydrogen-bond donors (Lipinski definition) is 0. The molecule has 0 atom stereocenters. The summed E-state index contributed by atoms with van der Waals surface area (Å²) in [6.07, 6.45) is 2.16. The standard InChI is InChI=1S/C26H27Cl2N3OS2/c1-14(2)32-20-10-16(5)9-19(11-20)21-13-31(30-17(21)6)26-29-24(25(34-26)33-15(3)4)18-7-8-22(27)23(28)12-18/h7-15H,1-6H3. The first-order chi connectivity index (χ1) is 16.1. The highest BCUT2D eigenvalue weighted by Gasteiger charge is 2.19. The third-order valence-electron chi connectivity index (χ3n) is 4.95. The summed E-state index contributed by atoms with van der Waals surface area (Å²) in [6, 6.07) is 11.9. The van der Waals surface area contributed by atoms with E-state index in [0.29, 0.717) is 15.3 Å². The molecule has 4 aromatic rings. The van der Waals surface area contributed by atoms with Crippen LogP contribution >= 0.6 is 46.3 Å². The molecule has 0 spiro atoms. The van der Waals surface area contributed by atoms with Crippen LogP contribution in [0.3, 0.4) is 0 Å². The van der Waals surface area contributed by atoms with Crippen molar-refractivity contribution in [1.82, 2.24) is 14.8 Å². The van der Waals surface area contributed by atoms with Crippen molar-refractivity contribution in [1.29, 1.82) is 0 Å². The van der Waals surface area contributed by atoms with Gasteiger partial charge in [0.25, 0.3) is 0 Å². The van der Waals surface area contributed by atoms with Crippen molar-refractivity contribution in [2.75, 3.05) is 0 Å². The second-order valence-electron chi connectivity index (χ2n) is 8.70. The van der Waals surface area contributed by atoms with E-state index in [1.807, 2.05) is 49.8 Å². The van der Waals surface area contributed by atoms with Crippen LogP contribution in [0.15, 0.2) is 46.8 Å². The number of nitrogens with zero attached hydrogens (tertiary/aromatic N) is 3. The molecule has 4 nitrogen and oxygen atoms in total. The number of hydrogen-bond acceptors (Lipinski definition) is 5. The van der Waals surface area contributed by atoms with Crippen molar-refractivity contribution >= 4 is 46.3 Å². The molecule has 0 aliphatic heterocycles. The van der Waals surface area contributed by atoms with Gasteiger partial charge in [-0.1, -0.05) is 60.5 Å². The Morgan fingerprint density at radius 3 is 2.41 bits per heavy atom. The van der Waals surface area contributed by atoms with Gasteiger partial charge in [-0.15, -0.1) is 11.8 Å². The van der Waals surface area contributed by atoms with Crippen molar-refractivity contribution in [2.24, 2.45) is 0 Å². The number of halogens is 2. The number of thioether (sulfide) groups is 1. The minimum absolute atomic E-state index is 0.116. The normalized spacial score (nSPS) is 11.6. The molecule has 0 fully saturated rings. The van der Waals surface area contributed by atoms with Gasteiger partial charge < -0.3 is 4.74 Å². The molecule has 0 saturated carbocycles. The van der Waals surface area contributed by atoms with Gasteiger partial charge in [0.15, 0.2) is 0 Å². The van der Waals surface area contributed by atoms with E-state index in [-0.39, 0.29) is 6.10 Å². The zero-order valence-electron chi connectivity index (χ0n) is 20.0. The minimum Gasteiger partial charge on any atom is -0.491 e. The maximum absolute atomic E-state index is 6.30. The molecule has 2 aromatic heterocycles. The summed E-state index contributed by atoms with van der Waals surface area (Å²) in [5, 5.41) is 7.08. The van der Waals surface area contributed by atoms with Crippen LogP contribution in [0.25, 0.3) is 27.5 Å². The average molecular weight is 533 g/mol. The van der Waals surface area contributed by atoms with Crippen LogP contribution in [0.4, 0.5) is 0 Å². The zero-order valence-corrected chi connectivity index (χ0v) is 23.2. The molecule has 0 unspecified atom stereocenters. The summed E-state index contributed by atoms with van der Waals surface area (Å²) in [6.45, 7) is 12.5. The summed E-state index contributed by atoms with van der Waals surface area (Å²) < 4.78 is 8.94. The minimum atomic E-state index is 0.116. The molecule has 4 rings (SSSR count). The van der Waals surface area contributed by atoms with Crippen molar-refractivity contribution in [3.63, 3.8) is 0 Å². The van der Waals surface area contributed by atoms with Crippen molar-refractivity contribution in [2.45, 2.75) is 57.1 Å². The first-order valence-electron chi connectivity index (χ1n) is 11.1. The van der Waals surface area contributed by atoms with Gasteiger partial charge in [0.2, 0.25) is 5.13 Å². The van der Waals surface area contributed by atoms with E-state index in [1.165, 1.54) is 0 Å². The fourth-order valence-corrected chi connectivity index (χ4v) is 6.34. The fourth-order valence-electron chi connectivity index (χ4n) is 3.60. The largest absolute Gasteiger partial charge is 0.491 e. The number of rotatable bonds is 7. The van der Waals surface area contributed by atoms with Gasteiger partial charge in [-0.25, -0.2) is 9.67 Å². The first-order valence-corrected chi connectivity index (χ1v) is 13.5. The van der Waals surface area contributed by atoms with Crippen molar-refractivity contribution in [3.05, 3.63) is 63.9 Å². The van der Waals surface area contributed by atoms with Gasteiger partial charge in [-0.3, -0.25) is 0 Å². The van der Waals surface area contributed by atoms with Crippen LogP contribution in [0.5, 0.6) is 5.75 Å². The molecule has 178 valence electrons. The molecule has 2 heterocycles. The molecule has 0 amide bonds. The van der Waals surface area contributed by atoms with E-state index in [9.17, 15) is 0 Å². The highest BCUT2D eigenvalue weighted by Crippen LogP contribution is 2.41. The van der Waals surface area contributed by atoms with E-state index in [0.717, 1.165) is 48.7 Å². The van der Waals surface area contributed by atoms with Crippen LogP contribution in [-0.4, -0.2) is 26.1 Å². The van der Waals surface area contributed by atoms with Gasteiger partial charge in [0.05, 0.1) is 31.7 Å². The van der Waals surface area contributed by atoms with Gasteiger partial charge in [0.1, 0.15) is 5.75 Å². The number of ether oxygens (including phenoxy) is 1. The van der Waals surface area contributed by atoms with E-state index >= 15 is 0 Å². The molecule has 0 aliphatic carbocycles. The Hall–Kier alpha value is -1.99. The second kappa shape index (κ2) is 10.3. The van der Waals surface area contributed by atoms with Crippen LogP contribution in [0.2, 0.25) is 10.0 Å². The number of thiazole rings is 1. The summed E-state index contributed by atoms with van der Waals surface area (Å²) >= 11 is 15.9. The zero-order chi connectivity index (χ0) is 24.6. The van der Waals surface area contributed by atoms with E-state index in [4.69, 9.17) is 38.0 Å². The summed E-state index contributed by atoms with van der Waals surface area (Å²) in [5.41, 5.74) is 6.06. The lowest BCUT2D eigenvalue weighted by molar-refractivity contribution is 0.242. The Labute approximate surface area is 219 Å². The molecular weight excluding hydrogens is 505 g/mol. The van der Waals surface area contributed by atoms with Gasteiger partial charge in [-0.2, -0.15) is 5.10 Å². The Morgan fingerprint density at radius 2 is 1.74 bits per heavy atom. The van der Waals surface area contributed by atoms with Crippen LogP contribution in [0, 0.1) is 13.8 Å². The van der Waals surface area contributed by atoms with Gasteiger partial charge in [0, 0.05) is 22.6 Å². The highest BCUT2D eigenvalue weighted by atomic mass is 35.5. The number of aromatic nitrogens is 3. The van der Waals surface area contributed by atoms with E-state index < -0.39 is 0 Å². The smallest absolute Gasteiger partial charge is 0.211 e. The lowest BCUT2D eigenvalue weighted by Gasteiger charge is -2.12. The third-order valence-corrected chi connectivity index (χ3v) is 7.95. The Kier molecular flexibility index (Phi) is 7.63. The van der Waals surface area contributed by atoms with Crippen molar-refractivity contribution in [3.8, 4) is 33.3 Å². The Balaban J connectivity index is 1.76. The molecular formula is C26H27Cl2N3OS2. The third kappa shape index (κ3) is 5.62. The summed E-state index contributed by atoms with van der Waals surface area (Å²) in [7, 11) is 0. The molecule has 0 saturated heterocycles. The topological polar surface area (TPSA) is 39.9 Å². The predicted octanol–water partition coefficient (Wildman–Crippen LogP) is 8.87. The molecule has 0 bridgehead atoms. The monoisotopic (exact) mass is 531 g/mol. The van der Waals surface area contributed by atoms with E-state index in [2.05, 4.69) is 39.0 Å². The van der Waals surface area contributed by atoms with Gasteiger partial charge in [-0.05, 0) is 63.1 Å². The maximum Gasteiger partial charge on any atom is 0.211 e. The number of benzene rings is 2. The Morgan fingerprint density at radius 1 is 0.971 bits per heavy atom. The van der Waals surface area contributed by atoms with Gasteiger partial charge >= 0.3 is 0 Å². The van der Waals surface area contributed by atoms with Crippen molar-refractivity contribution < 1.29 is 4.74 Å². The van der Waals surface area contributed by atoms with Crippen LogP contribution < -0.4 is 4.74 Å².